The maximum atomic E-state index is 12.5. The molecule has 4 heteroatoms. The van der Waals surface area contributed by atoms with E-state index in [9.17, 15) is 4.79 Å². The first kappa shape index (κ1) is 13.6. The smallest absolute Gasteiger partial charge is 0.205 e. The van der Waals surface area contributed by atoms with Gasteiger partial charge >= 0.3 is 0 Å². The number of rotatable bonds is 3. The van der Waals surface area contributed by atoms with Crippen LogP contribution in [0.5, 0.6) is 0 Å². The molecule has 0 N–H and O–H groups in total. The first-order valence-corrected chi connectivity index (χ1v) is 8.29. The van der Waals surface area contributed by atoms with Crippen LogP contribution in [0.4, 0.5) is 0 Å². The summed E-state index contributed by atoms with van der Waals surface area (Å²) in [6.07, 6.45) is 1.02. The van der Waals surface area contributed by atoms with Crippen LogP contribution in [0.25, 0.3) is 10.2 Å². The van der Waals surface area contributed by atoms with E-state index in [1.54, 1.807) is 0 Å². The molecule has 0 spiro atoms. The van der Waals surface area contributed by atoms with Crippen molar-refractivity contribution in [2.75, 3.05) is 13.1 Å². The summed E-state index contributed by atoms with van der Waals surface area (Å²) < 4.78 is 1.08. The van der Waals surface area contributed by atoms with Crippen LogP contribution in [-0.2, 0) is 13.0 Å². The monoisotopic (exact) mass is 308 g/mol. The number of carbonyl (C=O) groups excluding carboxylic acids is 1. The average molecular weight is 308 g/mol. The summed E-state index contributed by atoms with van der Waals surface area (Å²) in [7, 11) is 0. The highest BCUT2D eigenvalue weighted by Crippen LogP contribution is 2.23. The second-order valence-corrected chi connectivity index (χ2v) is 6.67. The number of hydrogen-bond acceptors (Lipinski definition) is 4. The molecule has 0 atom stereocenters. The van der Waals surface area contributed by atoms with Crippen molar-refractivity contribution < 1.29 is 4.79 Å². The highest BCUT2D eigenvalue weighted by molar-refractivity contribution is 7.20. The number of fused-ring (bicyclic) bond motifs is 2. The van der Waals surface area contributed by atoms with Gasteiger partial charge in [-0.2, -0.15) is 0 Å². The van der Waals surface area contributed by atoms with Gasteiger partial charge in [0.15, 0.2) is 5.01 Å². The standard InChI is InChI=1S/C18H16N2OS/c21-16(18-19-15-7-3-4-8-17(15)22-18)12-20-10-9-13-5-1-2-6-14(13)11-20/h1-8H,9-12H2. The Hall–Kier alpha value is -2.04. The largest absolute Gasteiger partial charge is 0.291 e. The normalized spacial score (nSPS) is 14.9. The van der Waals surface area contributed by atoms with Gasteiger partial charge in [0.25, 0.3) is 0 Å². The molecule has 0 fully saturated rings. The van der Waals surface area contributed by atoms with E-state index in [0.29, 0.717) is 11.6 Å². The van der Waals surface area contributed by atoms with Crippen LogP contribution in [0.1, 0.15) is 20.9 Å². The Morgan fingerprint density at radius 3 is 2.73 bits per heavy atom. The van der Waals surface area contributed by atoms with Crippen molar-refractivity contribution in [2.24, 2.45) is 0 Å². The Labute approximate surface area is 133 Å². The fourth-order valence-corrected chi connectivity index (χ4v) is 3.85. The lowest BCUT2D eigenvalue weighted by Crippen LogP contribution is -2.34. The first-order chi connectivity index (χ1) is 10.8. The second kappa shape index (κ2) is 5.63. The van der Waals surface area contributed by atoms with Crippen molar-refractivity contribution in [3.63, 3.8) is 0 Å². The summed E-state index contributed by atoms with van der Waals surface area (Å²) in [5, 5.41) is 0.625. The number of para-hydroxylation sites is 1. The van der Waals surface area contributed by atoms with Crippen molar-refractivity contribution in [1.82, 2.24) is 9.88 Å². The number of ketones is 1. The number of hydrogen-bond donors (Lipinski definition) is 0. The van der Waals surface area contributed by atoms with Crippen molar-refractivity contribution in [1.29, 1.82) is 0 Å². The van der Waals surface area contributed by atoms with Gasteiger partial charge in [0.1, 0.15) is 0 Å². The lowest BCUT2D eigenvalue weighted by atomic mass is 10.00. The molecule has 1 aliphatic heterocycles. The number of thiazole rings is 1. The summed E-state index contributed by atoms with van der Waals surface area (Å²) >= 11 is 1.49. The summed E-state index contributed by atoms with van der Waals surface area (Å²) in [5.74, 6) is 0.126. The van der Waals surface area contributed by atoms with Crippen molar-refractivity contribution >= 4 is 27.3 Å². The zero-order valence-corrected chi connectivity index (χ0v) is 13.0. The fraction of sp³-hybridized carbons (Fsp3) is 0.222. The summed E-state index contributed by atoms with van der Waals surface area (Å²) in [4.78, 5) is 19.2. The first-order valence-electron chi connectivity index (χ1n) is 7.47. The molecule has 0 saturated carbocycles. The van der Waals surface area contributed by atoms with E-state index in [4.69, 9.17) is 0 Å². The molecule has 0 bridgehead atoms. The summed E-state index contributed by atoms with van der Waals surface area (Å²) in [6, 6.07) is 16.4. The van der Waals surface area contributed by atoms with Crippen molar-refractivity contribution in [3.8, 4) is 0 Å². The summed E-state index contributed by atoms with van der Waals surface area (Å²) in [5.41, 5.74) is 3.66. The third kappa shape index (κ3) is 2.56. The van der Waals surface area contributed by atoms with Crippen LogP contribution in [0.15, 0.2) is 48.5 Å². The molecule has 110 valence electrons. The van der Waals surface area contributed by atoms with Gasteiger partial charge in [0, 0.05) is 13.1 Å². The topological polar surface area (TPSA) is 33.2 Å². The van der Waals surface area contributed by atoms with E-state index in [2.05, 4.69) is 34.1 Å². The highest BCUT2D eigenvalue weighted by Gasteiger charge is 2.20. The summed E-state index contributed by atoms with van der Waals surface area (Å²) in [6.45, 7) is 2.24. The molecular formula is C18H16N2OS. The third-order valence-electron chi connectivity index (χ3n) is 4.11. The lowest BCUT2D eigenvalue weighted by molar-refractivity contribution is 0.0921. The Morgan fingerprint density at radius 2 is 1.86 bits per heavy atom. The Bertz CT molecular complexity index is 807. The van der Waals surface area contributed by atoms with Gasteiger partial charge in [-0.15, -0.1) is 11.3 Å². The molecule has 0 amide bonds. The van der Waals surface area contributed by atoms with Gasteiger partial charge < -0.3 is 0 Å². The molecular weight excluding hydrogens is 292 g/mol. The quantitative estimate of drug-likeness (QED) is 0.694. The predicted octanol–water partition coefficient (Wildman–Crippen LogP) is 3.54. The van der Waals surface area contributed by atoms with Gasteiger partial charge in [-0.3, -0.25) is 9.69 Å². The van der Waals surface area contributed by atoms with Gasteiger partial charge in [0.2, 0.25) is 5.78 Å². The number of Topliss-reactive ketones (excluding diaryl/α,β-unsaturated/α-hetero) is 1. The maximum Gasteiger partial charge on any atom is 0.205 e. The fourth-order valence-electron chi connectivity index (χ4n) is 2.95. The Kier molecular flexibility index (Phi) is 3.48. The molecule has 3 aromatic rings. The molecule has 1 aliphatic rings. The molecule has 0 radical (unpaired) electrons. The molecule has 0 unspecified atom stereocenters. The van der Waals surface area contributed by atoms with Gasteiger partial charge in [-0.1, -0.05) is 36.4 Å². The molecule has 22 heavy (non-hydrogen) atoms. The van der Waals surface area contributed by atoms with E-state index in [-0.39, 0.29) is 5.78 Å². The molecule has 4 rings (SSSR count). The minimum absolute atomic E-state index is 0.126. The van der Waals surface area contributed by atoms with Crippen LogP contribution < -0.4 is 0 Å². The van der Waals surface area contributed by atoms with Crippen LogP contribution in [0, 0.1) is 0 Å². The predicted molar refractivity (Wildman–Crippen MR) is 89.4 cm³/mol. The number of benzene rings is 2. The third-order valence-corrected chi connectivity index (χ3v) is 5.19. The van der Waals surface area contributed by atoms with E-state index in [0.717, 1.165) is 29.7 Å². The highest BCUT2D eigenvalue weighted by atomic mass is 32.1. The molecule has 2 heterocycles. The van der Waals surface area contributed by atoms with Crippen molar-refractivity contribution in [3.05, 3.63) is 64.7 Å². The van der Waals surface area contributed by atoms with E-state index >= 15 is 0 Å². The Balaban J connectivity index is 1.50. The van der Waals surface area contributed by atoms with Gasteiger partial charge in [-0.05, 0) is 29.7 Å². The van der Waals surface area contributed by atoms with Crippen LogP contribution >= 0.6 is 11.3 Å². The molecule has 0 aliphatic carbocycles. The second-order valence-electron chi connectivity index (χ2n) is 5.64. The minimum atomic E-state index is 0.126. The molecule has 1 aromatic heterocycles. The van der Waals surface area contributed by atoms with Gasteiger partial charge in [0.05, 0.1) is 16.8 Å². The van der Waals surface area contributed by atoms with E-state index in [1.165, 1.54) is 22.5 Å². The average Bonchev–Trinajstić information content (AvgIpc) is 2.99. The minimum Gasteiger partial charge on any atom is -0.291 e. The number of aromatic nitrogens is 1. The van der Waals surface area contributed by atoms with E-state index in [1.807, 2.05) is 24.3 Å². The van der Waals surface area contributed by atoms with Crippen LogP contribution in [-0.4, -0.2) is 28.8 Å². The zero-order valence-electron chi connectivity index (χ0n) is 12.2. The van der Waals surface area contributed by atoms with Crippen LogP contribution in [0.3, 0.4) is 0 Å². The number of carbonyl (C=O) groups is 1. The molecule has 3 nitrogen and oxygen atoms in total. The molecule has 2 aromatic carbocycles. The molecule has 0 saturated heterocycles. The maximum absolute atomic E-state index is 12.5. The van der Waals surface area contributed by atoms with Gasteiger partial charge in [-0.25, -0.2) is 4.98 Å². The SMILES string of the molecule is O=C(CN1CCc2ccccc2C1)c1nc2ccccc2s1. The van der Waals surface area contributed by atoms with E-state index < -0.39 is 0 Å². The lowest BCUT2D eigenvalue weighted by Gasteiger charge is -2.27. The van der Waals surface area contributed by atoms with Crippen LogP contribution in [0.2, 0.25) is 0 Å². The zero-order chi connectivity index (χ0) is 14.9. The Morgan fingerprint density at radius 1 is 1.09 bits per heavy atom. The number of nitrogens with zero attached hydrogens (tertiary/aromatic N) is 2. The van der Waals surface area contributed by atoms with Crippen molar-refractivity contribution in [2.45, 2.75) is 13.0 Å².